The van der Waals surface area contributed by atoms with E-state index in [9.17, 15) is 13.6 Å². The van der Waals surface area contributed by atoms with Gasteiger partial charge in [-0.05, 0) is 17.5 Å². The number of primary amides is 1. The summed E-state index contributed by atoms with van der Waals surface area (Å²) in [4.78, 5) is 10.9. The van der Waals surface area contributed by atoms with E-state index < -0.39 is 12.5 Å². The van der Waals surface area contributed by atoms with E-state index in [2.05, 4.69) is 5.10 Å². The van der Waals surface area contributed by atoms with Gasteiger partial charge < -0.3 is 5.73 Å². The average molecular weight is 243 g/mol. The predicted octanol–water partition coefficient (Wildman–Crippen LogP) is 2.11. The molecule has 16 heavy (non-hydrogen) atoms. The molecule has 2 aromatic heterocycles. The van der Waals surface area contributed by atoms with Crippen LogP contribution in [0.2, 0.25) is 0 Å². The molecule has 0 radical (unpaired) electrons. The van der Waals surface area contributed by atoms with Crippen LogP contribution in [0.1, 0.15) is 17.0 Å². The standard InChI is InChI=1S/C9H7F2N3OS/c10-9(11)14-7(8(12)15)3-6(13-14)5-1-2-16-4-5/h1-4,9H,(H2,12,15). The first-order chi connectivity index (χ1) is 7.59. The van der Waals surface area contributed by atoms with Crippen molar-refractivity contribution in [2.24, 2.45) is 5.73 Å². The van der Waals surface area contributed by atoms with Crippen LogP contribution in [0.5, 0.6) is 0 Å². The second-order valence-electron chi connectivity index (χ2n) is 3.01. The van der Waals surface area contributed by atoms with E-state index in [0.29, 0.717) is 15.9 Å². The van der Waals surface area contributed by atoms with Gasteiger partial charge >= 0.3 is 6.55 Å². The van der Waals surface area contributed by atoms with Crippen LogP contribution in [0.3, 0.4) is 0 Å². The fourth-order valence-corrected chi connectivity index (χ4v) is 1.93. The summed E-state index contributed by atoms with van der Waals surface area (Å²) < 4.78 is 25.4. The van der Waals surface area contributed by atoms with Crippen molar-refractivity contribution in [2.45, 2.75) is 6.55 Å². The maximum atomic E-state index is 12.5. The second-order valence-corrected chi connectivity index (χ2v) is 3.79. The summed E-state index contributed by atoms with van der Waals surface area (Å²) in [6.07, 6.45) is 0. The molecule has 0 spiro atoms. The Kier molecular flexibility index (Phi) is 2.69. The SMILES string of the molecule is NC(=O)c1cc(-c2ccsc2)nn1C(F)F. The quantitative estimate of drug-likeness (QED) is 0.897. The van der Waals surface area contributed by atoms with Gasteiger partial charge in [0, 0.05) is 10.9 Å². The first-order valence-electron chi connectivity index (χ1n) is 4.29. The van der Waals surface area contributed by atoms with Crippen LogP contribution in [0.15, 0.2) is 22.9 Å². The number of nitrogens with two attached hydrogens (primary N) is 1. The molecule has 7 heteroatoms. The monoisotopic (exact) mass is 243 g/mol. The highest BCUT2D eigenvalue weighted by Gasteiger charge is 2.19. The smallest absolute Gasteiger partial charge is 0.333 e. The Hall–Kier alpha value is -1.76. The zero-order valence-electron chi connectivity index (χ0n) is 7.93. The highest BCUT2D eigenvalue weighted by Crippen LogP contribution is 2.24. The van der Waals surface area contributed by atoms with Gasteiger partial charge in [-0.3, -0.25) is 4.79 Å². The number of amides is 1. The molecule has 0 aliphatic rings. The van der Waals surface area contributed by atoms with Crippen molar-refractivity contribution in [3.8, 4) is 11.3 Å². The molecule has 0 saturated heterocycles. The molecule has 0 unspecified atom stereocenters. The number of thiophene rings is 1. The molecular weight excluding hydrogens is 236 g/mol. The van der Waals surface area contributed by atoms with Gasteiger partial charge in [0.1, 0.15) is 5.69 Å². The van der Waals surface area contributed by atoms with Crippen molar-refractivity contribution < 1.29 is 13.6 Å². The van der Waals surface area contributed by atoms with Crippen LogP contribution < -0.4 is 5.73 Å². The number of carbonyl (C=O) groups is 1. The van der Waals surface area contributed by atoms with Crippen molar-refractivity contribution in [3.05, 3.63) is 28.6 Å². The van der Waals surface area contributed by atoms with E-state index in [1.54, 1.807) is 16.8 Å². The summed E-state index contributed by atoms with van der Waals surface area (Å²) in [5.74, 6) is -0.922. The lowest BCUT2D eigenvalue weighted by Gasteiger charge is -2.01. The van der Waals surface area contributed by atoms with Crippen molar-refractivity contribution >= 4 is 17.2 Å². The summed E-state index contributed by atoms with van der Waals surface area (Å²) in [5.41, 5.74) is 5.70. The third-order valence-corrected chi connectivity index (χ3v) is 2.67. The fourth-order valence-electron chi connectivity index (χ4n) is 1.28. The largest absolute Gasteiger partial charge is 0.364 e. The maximum Gasteiger partial charge on any atom is 0.333 e. The summed E-state index contributed by atoms with van der Waals surface area (Å²) in [5, 5.41) is 7.19. The lowest BCUT2D eigenvalue weighted by atomic mass is 10.2. The first kappa shape index (κ1) is 10.7. The number of alkyl halides is 2. The molecule has 0 atom stereocenters. The van der Waals surface area contributed by atoms with Crippen LogP contribution in [-0.4, -0.2) is 15.7 Å². The minimum absolute atomic E-state index is 0.295. The van der Waals surface area contributed by atoms with Crippen LogP contribution >= 0.6 is 11.3 Å². The Bertz CT molecular complexity index is 507. The van der Waals surface area contributed by atoms with Crippen molar-refractivity contribution in [2.75, 3.05) is 0 Å². The summed E-state index contributed by atoms with van der Waals surface area (Å²) in [6, 6.07) is 2.99. The van der Waals surface area contributed by atoms with Crippen molar-refractivity contribution in [1.82, 2.24) is 9.78 Å². The number of halogens is 2. The van der Waals surface area contributed by atoms with Crippen molar-refractivity contribution in [3.63, 3.8) is 0 Å². The molecule has 0 bridgehead atoms. The normalized spacial score (nSPS) is 10.9. The van der Waals surface area contributed by atoms with Gasteiger partial charge in [0.2, 0.25) is 0 Å². The van der Waals surface area contributed by atoms with E-state index >= 15 is 0 Å². The molecule has 4 nitrogen and oxygen atoms in total. The Morgan fingerprint density at radius 2 is 2.31 bits per heavy atom. The van der Waals surface area contributed by atoms with Gasteiger partial charge in [-0.25, -0.2) is 0 Å². The number of hydrogen-bond acceptors (Lipinski definition) is 3. The molecule has 0 fully saturated rings. The Labute approximate surface area is 93.3 Å². The van der Waals surface area contributed by atoms with Crippen LogP contribution in [0.4, 0.5) is 8.78 Å². The zero-order chi connectivity index (χ0) is 11.7. The summed E-state index contributed by atoms with van der Waals surface area (Å²) in [6.45, 7) is -2.88. The Morgan fingerprint density at radius 3 is 2.75 bits per heavy atom. The number of carbonyl (C=O) groups excluding carboxylic acids is 1. The van der Waals surface area contributed by atoms with Crippen LogP contribution in [0, 0.1) is 0 Å². The van der Waals surface area contributed by atoms with E-state index in [1.165, 1.54) is 17.4 Å². The molecule has 0 aromatic carbocycles. The van der Waals surface area contributed by atoms with Gasteiger partial charge in [0.15, 0.2) is 0 Å². The van der Waals surface area contributed by atoms with Gasteiger partial charge in [-0.2, -0.15) is 29.9 Å². The van der Waals surface area contributed by atoms with E-state index in [-0.39, 0.29) is 5.69 Å². The minimum Gasteiger partial charge on any atom is -0.364 e. The van der Waals surface area contributed by atoms with Gasteiger partial charge in [0.25, 0.3) is 5.91 Å². The third-order valence-electron chi connectivity index (χ3n) is 1.99. The van der Waals surface area contributed by atoms with E-state index in [1.807, 2.05) is 0 Å². The molecule has 1 amide bonds. The van der Waals surface area contributed by atoms with Crippen LogP contribution in [0.25, 0.3) is 11.3 Å². The number of hydrogen-bond donors (Lipinski definition) is 1. The van der Waals surface area contributed by atoms with E-state index in [4.69, 9.17) is 5.73 Å². The number of rotatable bonds is 3. The molecule has 0 aliphatic heterocycles. The molecule has 2 heterocycles. The lowest BCUT2D eigenvalue weighted by molar-refractivity contribution is 0.0519. The Morgan fingerprint density at radius 1 is 1.56 bits per heavy atom. The number of nitrogens with zero attached hydrogens (tertiary/aromatic N) is 2. The van der Waals surface area contributed by atoms with Crippen molar-refractivity contribution in [1.29, 1.82) is 0 Å². The predicted molar refractivity (Wildman–Crippen MR) is 55.3 cm³/mol. The number of aromatic nitrogens is 2. The first-order valence-corrected chi connectivity index (χ1v) is 5.24. The highest BCUT2D eigenvalue weighted by atomic mass is 32.1. The molecule has 0 saturated carbocycles. The van der Waals surface area contributed by atoms with Gasteiger partial charge in [-0.15, -0.1) is 0 Å². The average Bonchev–Trinajstić information content (AvgIpc) is 2.86. The molecule has 0 aliphatic carbocycles. The summed E-state index contributed by atoms with van der Waals surface area (Å²) >= 11 is 1.41. The minimum atomic E-state index is -2.88. The Balaban J connectivity index is 2.51. The highest BCUT2D eigenvalue weighted by molar-refractivity contribution is 7.08. The fraction of sp³-hybridized carbons (Fsp3) is 0.111. The molecular formula is C9H7F2N3OS. The van der Waals surface area contributed by atoms with Gasteiger partial charge in [-0.1, -0.05) is 0 Å². The molecule has 2 N–H and O–H groups in total. The van der Waals surface area contributed by atoms with Crippen LogP contribution in [-0.2, 0) is 0 Å². The topological polar surface area (TPSA) is 60.9 Å². The maximum absolute atomic E-state index is 12.5. The molecule has 2 rings (SSSR count). The zero-order valence-corrected chi connectivity index (χ0v) is 8.75. The summed E-state index contributed by atoms with van der Waals surface area (Å²) in [7, 11) is 0. The second kappa shape index (κ2) is 4.01. The third kappa shape index (κ3) is 1.81. The molecule has 2 aromatic rings. The lowest BCUT2D eigenvalue weighted by Crippen LogP contribution is -2.18. The van der Waals surface area contributed by atoms with E-state index in [0.717, 1.165) is 0 Å². The molecule has 84 valence electrons. The van der Waals surface area contributed by atoms with Gasteiger partial charge in [0.05, 0.1) is 5.69 Å².